The monoisotopic (exact) mass is 728 g/mol. The Kier molecular flexibility index (Phi) is 10.6. The van der Waals surface area contributed by atoms with Crippen LogP contribution < -0.4 is 28.7 Å². The minimum Gasteiger partial charge on any atom is -0.493 e. The summed E-state index contributed by atoms with van der Waals surface area (Å²) in [6.07, 6.45) is 7.27. The quantitative estimate of drug-likeness (QED) is 0.0734. The van der Waals surface area contributed by atoms with Gasteiger partial charge in [0.1, 0.15) is 7.85 Å². The number of para-hydroxylation sites is 1. The molecule has 0 N–H and O–H groups in total. The van der Waals surface area contributed by atoms with Crippen LogP contribution >= 0.6 is 0 Å². The van der Waals surface area contributed by atoms with E-state index in [0.29, 0.717) is 78.2 Å². The number of benzene rings is 4. The molecule has 2 amide bonds. The molecule has 4 aromatic rings. The smallest absolute Gasteiger partial charge is 0.256 e. The Bertz CT molecular complexity index is 2090. The van der Waals surface area contributed by atoms with Gasteiger partial charge in [0.25, 0.3) is 5.91 Å². The molecule has 12 heteroatoms. The van der Waals surface area contributed by atoms with E-state index >= 15 is 0 Å². The molecule has 0 radical (unpaired) electrons. The number of hydrogen-bond donors (Lipinski definition) is 0. The van der Waals surface area contributed by atoms with Gasteiger partial charge in [-0.3, -0.25) is 19.4 Å². The van der Waals surface area contributed by atoms with Gasteiger partial charge in [0, 0.05) is 55.2 Å². The van der Waals surface area contributed by atoms with E-state index in [1.807, 2.05) is 35.4 Å². The molecule has 4 aromatic carbocycles. The number of fused-ring (bicyclic) bond motifs is 4. The third-order valence-electron chi connectivity index (χ3n) is 10.9. The van der Waals surface area contributed by atoms with Crippen molar-refractivity contribution in [2.75, 3.05) is 50.8 Å². The predicted octanol–water partition coefficient (Wildman–Crippen LogP) is 5.41. The van der Waals surface area contributed by atoms with Crippen molar-refractivity contribution in [2.24, 2.45) is 4.99 Å². The number of carbonyl (C=O) groups is 3. The zero-order valence-corrected chi connectivity index (χ0v) is 31.2. The minimum atomic E-state index is -0.343. The first-order chi connectivity index (χ1) is 26.3. The van der Waals surface area contributed by atoms with E-state index in [1.54, 1.807) is 43.4 Å². The number of nitrogens with zero attached hydrogens (tertiary/aromatic N) is 4. The van der Waals surface area contributed by atoms with Gasteiger partial charge in [0.05, 0.1) is 50.4 Å². The van der Waals surface area contributed by atoms with E-state index in [9.17, 15) is 14.4 Å². The number of methoxy groups -OCH3 is 2. The van der Waals surface area contributed by atoms with Crippen LogP contribution in [0.25, 0.3) is 0 Å². The predicted molar refractivity (Wildman–Crippen MR) is 211 cm³/mol. The van der Waals surface area contributed by atoms with Crippen molar-refractivity contribution in [2.45, 2.75) is 50.1 Å². The first-order valence-electron chi connectivity index (χ1n) is 18.4. The molecule has 0 aliphatic carbocycles. The third-order valence-corrected chi connectivity index (χ3v) is 10.9. The molecule has 3 aliphatic rings. The lowest BCUT2D eigenvalue weighted by atomic mass is 9.76. The second kappa shape index (κ2) is 15.7. The number of aliphatic imine (C=N–C) groups is 1. The number of rotatable bonds is 14. The van der Waals surface area contributed by atoms with Crippen molar-refractivity contribution in [1.29, 1.82) is 0 Å². The Hall–Kier alpha value is -5.78. The first-order valence-corrected chi connectivity index (χ1v) is 18.4. The molecule has 278 valence electrons. The van der Waals surface area contributed by atoms with Gasteiger partial charge in [-0.15, -0.1) is 0 Å². The molecule has 2 unspecified atom stereocenters. The van der Waals surface area contributed by atoms with Crippen molar-refractivity contribution < 1.29 is 33.3 Å². The van der Waals surface area contributed by atoms with Gasteiger partial charge in [0.2, 0.25) is 6.41 Å². The SMILES string of the molecule is BC1(/C=N\c2cc(OCCCCCOc3cc4c(cc3OC)C(=O)N3Cc5ccccc5CC3CN4C=O)c(OC)cc2C=O)Cc2ccccc2N1C. The minimum absolute atomic E-state index is 0.128. The van der Waals surface area contributed by atoms with Crippen LogP contribution in [0, 0.1) is 0 Å². The van der Waals surface area contributed by atoms with Crippen molar-refractivity contribution in [1.82, 2.24) is 4.90 Å². The maximum absolute atomic E-state index is 13.9. The average molecular weight is 729 g/mol. The maximum Gasteiger partial charge on any atom is 0.256 e. The highest BCUT2D eigenvalue weighted by Gasteiger charge is 2.38. The second-order valence-corrected chi connectivity index (χ2v) is 14.3. The lowest BCUT2D eigenvalue weighted by molar-refractivity contribution is -0.107. The lowest BCUT2D eigenvalue weighted by Crippen LogP contribution is -2.47. The largest absolute Gasteiger partial charge is 0.493 e. The summed E-state index contributed by atoms with van der Waals surface area (Å²) in [5, 5.41) is 0. The van der Waals surface area contributed by atoms with E-state index in [0.717, 1.165) is 43.9 Å². The van der Waals surface area contributed by atoms with Gasteiger partial charge in [-0.25, -0.2) is 0 Å². The van der Waals surface area contributed by atoms with E-state index in [2.05, 4.69) is 44.1 Å². The highest BCUT2D eigenvalue weighted by molar-refractivity contribution is 6.28. The maximum atomic E-state index is 13.9. The van der Waals surface area contributed by atoms with Gasteiger partial charge in [-0.1, -0.05) is 42.5 Å². The standard InChI is InChI=1S/C42H45BN4O7/c1-45-35-14-8-7-12-29(35)22-42(45,43)26-44-34-20-39(37(51-2)18-31(34)25-48)53-15-9-4-10-16-54-40-21-36-33(19-38(40)52-3)41(50)47-23-30-13-6-5-11-28(30)17-32(47)24-46(36)27-49/h5-8,11-14,18-21,25-27,32H,4,9-10,15-17,22-24,43H2,1-3H3/b44-26-. The molecule has 0 aromatic heterocycles. The van der Waals surface area contributed by atoms with Crippen LogP contribution in [0.4, 0.5) is 17.1 Å². The fourth-order valence-corrected chi connectivity index (χ4v) is 7.69. The van der Waals surface area contributed by atoms with Crippen molar-refractivity contribution >= 4 is 49.7 Å². The Labute approximate surface area is 316 Å². The van der Waals surface area contributed by atoms with Gasteiger partial charge in [0.15, 0.2) is 29.3 Å². The fourth-order valence-electron chi connectivity index (χ4n) is 7.69. The number of amides is 2. The van der Waals surface area contributed by atoms with Crippen molar-refractivity contribution in [3.8, 4) is 23.0 Å². The molecule has 0 bridgehead atoms. The number of likely N-dealkylation sites (N-methyl/N-ethyl adjacent to an activating group) is 1. The summed E-state index contributed by atoms with van der Waals surface area (Å²) in [6.45, 7) is 1.72. The molecule has 7 rings (SSSR count). The van der Waals surface area contributed by atoms with Crippen molar-refractivity contribution in [3.05, 3.63) is 101 Å². The fraction of sp³-hybridized carbons (Fsp3) is 0.333. The topological polar surface area (TPSA) is 110 Å². The molecule has 0 fully saturated rings. The van der Waals surface area contributed by atoms with Gasteiger partial charge >= 0.3 is 0 Å². The number of hydrogen-bond acceptors (Lipinski definition) is 9. The highest BCUT2D eigenvalue weighted by atomic mass is 16.5. The Morgan fingerprint density at radius 1 is 0.833 bits per heavy atom. The molecule has 3 heterocycles. The normalized spacial score (nSPS) is 18.7. The molecule has 54 heavy (non-hydrogen) atoms. The first kappa shape index (κ1) is 36.6. The second-order valence-electron chi connectivity index (χ2n) is 14.3. The van der Waals surface area contributed by atoms with Crippen molar-refractivity contribution in [3.63, 3.8) is 0 Å². The zero-order valence-electron chi connectivity index (χ0n) is 31.2. The molecular weight excluding hydrogens is 683 g/mol. The number of ether oxygens (including phenoxy) is 4. The Morgan fingerprint density at radius 2 is 1.50 bits per heavy atom. The van der Waals surface area contributed by atoms with E-state index < -0.39 is 0 Å². The Balaban J connectivity index is 0.958. The Morgan fingerprint density at radius 3 is 2.19 bits per heavy atom. The van der Waals surface area contributed by atoms with Crippen LogP contribution in [-0.2, 0) is 24.2 Å². The number of aldehydes is 1. The van der Waals surface area contributed by atoms with Crippen LogP contribution in [0.5, 0.6) is 23.0 Å². The van der Waals surface area contributed by atoms with E-state index in [-0.39, 0.29) is 17.4 Å². The summed E-state index contributed by atoms with van der Waals surface area (Å²) in [7, 11) is 7.29. The van der Waals surface area contributed by atoms with Crippen LogP contribution in [0.2, 0.25) is 0 Å². The summed E-state index contributed by atoms with van der Waals surface area (Å²) in [6, 6.07) is 23.2. The van der Waals surface area contributed by atoms with Crippen LogP contribution in [0.15, 0.2) is 77.8 Å². The van der Waals surface area contributed by atoms with Gasteiger partial charge < -0.3 is 33.6 Å². The van der Waals surface area contributed by atoms with Gasteiger partial charge in [-0.05, 0) is 67.0 Å². The number of carbonyl (C=O) groups excluding carboxylic acids is 3. The lowest BCUT2D eigenvalue weighted by Gasteiger charge is -2.36. The zero-order chi connectivity index (χ0) is 37.8. The van der Waals surface area contributed by atoms with Crippen LogP contribution in [-0.4, -0.2) is 90.1 Å². The molecule has 0 saturated heterocycles. The summed E-state index contributed by atoms with van der Waals surface area (Å²) >= 11 is 0. The highest BCUT2D eigenvalue weighted by Crippen LogP contribution is 2.40. The number of anilines is 2. The number of unbranched alkanes of at least 4 members (excludes halogenated alkanes) is 2. The summed E-state index contributed by atoms with van der Waals surface area (Å²) in [4.78, 5) is 48.7. The summed E-state index contributed by atoms with van der Waals surface area (Å²) in [5.41, 5.74) is 6.29. The van der Waals surface area contributed by atoms with E-state index in [4.69, 9.17) is 23.9 Å². The molecule has 0 spiro atoms. The third kappa shape index (κ3) is 7.12. The average Bonchev–Trinajstić information content (AvgIpc) is 3.40. The summed E-state index contributed by atoms with van der Waals surface area (Å²) < 4.78 is 23.5. The molecular formula is C42H45BN4O7. The molecule has 3 aliphatic heterocycles. The van der Waals surface area contributed by atoms with E-state index in [1.165, 1.54) is 16.8 Å². The summed E-state index contributed by atoms with van der Waals surface area (Å²) in [5.74, 6) is 1.77. The molecule has 11 nitrogen and oxygen atoms in total. The van der Waals surface area contributed by atoms with Crippen LogP contribution in [0.3, 0.4) is 0 Å². The van der Waals surface area contributed by atoms with Crippen LogP contribution in [0.1, 0.15) is 56.7 Å². The molecule has 0 saturated carbocycles. The molecule has 2 atom stereocenters. The van der Waals surface area contributed by atoms with Gasteiger partial charge in [-0.2, -0.15) is 0 Å².